The average molecular weight is 361 g/mol. The van der Waals surface area contributed by atoms with Gasteiger partial charge in [0.15, 0.2) is 0 Å². The molecule has 3 N–H and O–H groups in total. The number of hydrogen-bond donors (Lipinski definition) is 2. The van der Waals surface area contributed by atoms with Gasteiger partial charge in [0.2, 0.25) is 0 Å². The van der Waals surface area contributed by atoms with Crippen molar-refractivity contribution in [1.29, 1.82) is 0 Å². The van der Waals surface area contributed by atoms with E-state index in [1.807, 2.05) is 20.8 Å². The molecule has 2 amide bonds. The number of aromatic amines is 1. The number of carbonyl (C=O) groups is 2. The van der Waals surface area contributed by atoms with Crippen molar-refractivity contribution >= 4 is 17.6 Å². The standard InChI is InChI=1S/C17H23N5O4/c1-17(2,3)26-16(25)21-6-4-10(5-7-21)12-8-13(23)20-15-11(14(18)24)9-19-22(12)15/h8-10H,4-7H2,1-3H3,(H2,18,24)(H,20,23). The van der Waals surface area contributed by atoms with Crippen LogP contribution in [-0.2, 0) is 4.74 Å². The molecule has 0 spiro atoms. The van der Waals surface area contributed by atoms with Crippen molar-refractivity contribution in [1.82, 2.24) is 19.5 Å². The first-order valence-electron chi connectivity index (χ1n) is 8.54. The van der Waals surface area contributed by atoms with E-state index in [1.54, 1.807) is 9.42 Å². The number of rotatable bonds is 2. The minimum absolute atomic E-state index is 0.0408. The molecule has 9 heteroatoms. The van der Waals surface area contributed by atoms with E-state index >= 15 is 0 Å². The number of aromatic nitrogens is 3. The zero-order valence-corrected chi connectivity index (χ0v) is 15.1. The lowest BCUT2D eigenvalue weighted by molar-refractivity contribution is 0.0203. The minimum Gasteiger partial charge on any atom is -0.444 e. The maximum Gasteiger partial charge on any atom is 0.410 e. The van der Waals surface area contributed by atoms with Crippen LogP contribution in [0, 0.1) is 0 Å². The van der Waals surface area contributed by atoms with Gasteiger partial charge in [-0.1, -0.05) is 0 Å². The molecule has 0 unspecified atom stereocenters. The summed E-state index contributed by atoms with van der Waals surface area (Å²) in [5.41, 5.74) is 5.67. The molecular formula is C17H23N5O4. The molecule has 0 saturated carbocycles. The molecular weight excluding hydrogens is 338 g/mol. The first kappa shape index (κ1) is 18.0. The van der Waals surface area contributed by atoms with Crippen LogP contribution >= 0.6 is 0 Å². The number of amides is 2. The zero-order valence-electron chi connectivity index (χ0n) is 15.1. The number of likely N-dealkylation sites (tertiary alicyclic amines) is 1. The molecule has 140 valence electrons. The number of piperidine rings is 1. The van der Waals surface area contributed by atoms with Gasteiger partial charge in [0.05, 0.1) is 11.9 Å². The van der Waals surface area contributed by atoms with Gasteiger partial charge in [0.25, 0.3) is 11.5 Å². The van der Waals surface area contributed by atoms with E-state index in [0.29, 0.717) is 37.3 Å². The van der Waals surface area contributed by atoms with Gasteiger partial charge in [-0.25, -0.2) is 9.31 Å². The maximum absolute atomic E-state index is 12.2. The van der Waals surface area contributed by atoms with Gasteiger partial charge in [-0.15, -0.1) is 0 Å². The first-order valence-corrected chi connectivity index (χ1v) is 8.54. The van der Waals surface area contributed by atoms with E-state index in [0.717, 1.165) is 0 Å². The molecule has 26 heavy (non-hydrogen) atoms. The van der Waals surface area contributed by atoms with Crippen LogP contribution in [0.2, 0.25) is 0 Å². The van der Waals surface area contributed by atoms with Crippen LogP contribution in [-0.4, -0.2) is 50.2 Å². The fourth-order valence-electron chi connectivity index (χ4n) is 3.17. The third-order valence-electron chi connectivity index (χ3n) is 4.36. The summed E-state index contributed by atoms with van der Waals surface area (Å²) in [5.74, 6) is -0.605. The molecule has 0 aromatic carbocycles. The molecule has 3 rings (SSSR count). The van der Waals surface area contributed by atoms with Gasteiger partial charge in [-0.05, 0) is 33.6 Å². The second kappa shape index (κ2) is 6.47. The molecule has 0 aliphatic carbocycles. The van der Waals surface area contributed by atoms with Crippen LogP contribution < -0.4 is 11.3 Å². The number of nitrogens with two attached hydrogens (primary N) is 1. The summed E-state index contributed by atoms with van der Waals surface area (Å²) in [6.07, 6.45) is 2.36. The number of primary amides is 1. The van der Waals surface area contributed by atoms with Gasteiger partial charge in [-0.3, -0.25) is 9.59 Å². The lowest BCUT2D eigenvalue weighted by Gasteiger charge is -2.33. The lowest BCUT2D eigenvalue weighted by Crippen LogP contribution is -2.41. The Labute approximate surface area is 150 Å². The molecule has 1 aliphatic rings. The average Bonchev–Trinajstić information content (AvgIpc) is 2.96. The molecule has 2 aromatic rings. The molecule has 3 heterocycles. The Kier molecular flexibility index (Phi) is 4.47. The van der Waals surface area contributed by atoms with Gasteiger partial charge in [0, 0.05) is 25.1 Å². The molecule has 1 fully saturated rings. The minimum atomic E-state index is -0.646. The van der Waals surface area contributed by atoms with Crippen LogP contribution in [0.15, 0.2) is 17.1 Å². The van der Waals surface area contributed by atoms with E-state index in [9.17, 15) is 14.4 Å². The van der Waals surface area contributed by atoms with Crippen molar-refractivity contribution in [2.45, 2.75) is 45.1 Å². The highest BCUT2D eigenvalue weighted by molar-refractivity contribution is 5.98. The summed E-state index contributed by atoms with van der Waals surface area (Å²) in [6.45, 7) is 6.55. The lowest BCUT2D eigenvalue weighted by atomic mass is 9.93. The maximum atomic E-state index is 12.2. The molecule has 1 aliphatic heterocycles. The van der Waals surface area contributed by atoms with Crippen LogP contribution in [0.3, 0.4) is 0 Å². The summed E-state index contributed by atoms with van der Waals surface area (Å²) in [4.78, 5) is 40.0. The molecule has 0 radical (unpaired) electrons. The topological polar surface area (TPSA) is 123 Å². The van der Waals surface area contributed by atoms with Crippen LogP contribution in [0.25, 0.3) is 5.65 Å². The molecule has 9 nitrogen and oxygen atoms in total. The highest BCUT2D eigenvalue weighted by Gasteiger charge is 2.29. The molecule has 0 atom stereocenters. The normalized spacial score (nSPS) is 16.0. The van der Waals surface area contributed by atoms with E-state index in [1.165, 1.54) is 12.3 Å². The molecule has 1 saturated heterocycles. The highest BCUT2D eigenvalue weighted by atomic mass is 16.6. The monoisotopic (exact) mass is 361 g/mol. The van der Waals surface area contributed by atoms with Crippen molar-refractivity contribution in [3.05, 3.63) is 33.9 Å². The summed E-state index contributed by atoms with van der Waals surface area (Å²) in [6, 6.07) is 1.48. The van der Waals surface area contributed by atoms with Gasteiger partial charge >= 0.3 is 6.09 Å². The molecule has 0 bridgehead atoms. The van der Waals surface area contributed by atoms with Gasteiger partial charge < -0.3 is 20.4 Å². The Morgan fingerprint density at radius 3 is 2.54 bits per heavy atom. The Morgan fingerprint density at radius 1 is 1.31 bits per heavy atom. The Hall–Kier alpha value is -2.84. The van der Waals surface area contributed by atoms with E-state index in [4.69, 9.17) is 10.5 Å². The van der Waals surface area contributed by atoms with Gasteiger partial charge in [0.1, 0.15) is 16.8 Å². The Bertz CT molecular complexity index is 900. The summed E-state index contributed by atoms with van der Waals surface area (Å²) in [5, 5.41) is 4.20. The number of hydrogen-bond acceptors (Lipinski definition) is 5. The Balaban J connectivity index is 1.81. The second-order valence-electron chi connectivity index (χ2n) is 7.48. The van der Waals surface area contributed by atoms with E-state index in [2.05, 4.69) is 10.1 Å². The summed E-state index contributed by atoms with van der Waals surface area (Å²) in [7, 11) is 0. The van der Waals surface area contributed by atoms with Crippen LogP contribution in [0.4, 0.5) is 4.79 Å². The summed E-state index contributed by atoms with van der Waals surface area (Å²) < 4.78 is 6.95. The van der Waals surface area contributed by atoms with Crippen LogP contribution in [0.1, 0.15) is 55.6 Å². The summed E-state index contributed by atoms with van der Waals surface area (Å²) >= 11 is 0. The third kappa shape index (κ3) is 3.56. The molecule has 2 aromatic heterocycles. The van der Waals surface area contributed by atoms with Crippen molar-refractivity contribution in [2.75, 3.05) is 13.1 Å². The first-order chi connectivity index (χ1) is 12.2. The number of carbonyl (C=O) groups excluding carboxylic acids is 2. The third-order valence-corrected chi connectivity index (χ3v) is 4.36. The fourth-order valence-corrected chi connectivity index (χ4v) is 3.17. The second-order valence-corrected chi connectivity index (χ2v) is 7.48. The predicted octanol–water partition coefficient (Wildman–Crippen LogP) is 1.24. The number of nitrogens with one attached hydrogen (secondary N) is 1. The van der Waals surface area contributed by atoms with Crippen molar-refractivity contribution in [3.8, 4) is 0 Å². The number of ether oxygens (including phenoxy) is 1. The zero-order chi connectivity index (χ0) is 19.1. The SMILES string of the molecule is CC(C)(C)OC(=O)N1CCC(c2cc(=O)[nH]c3c(C(N)=O)cnn23)CC1. The number of fused-ring (bicyclic) bond motifs is 1. The predicted molar refractivity (Wildman–Crippen MR) is 94.1 cm³/mol. The number of H-pyrrole nitrogens is 1. The van der Waals surface area contributed by atoms with Crippen molar-refractivity contribution in [2.24, 2.45) is 5.73 Å². The van der Waals surface area contributed by atoms with Gasteiger partial charge in [-0.2, -0.15) is 5.10 Å². The van der Waals surface area contributed by atoms with E-state index < -0.39 is 11.5 Å². The number of nitrogens with zero attached hydrogens (tertiary/aromatic N) is 3. The van der Waals surface area contributed by atoms with E-state index in [-0.39, 0.29) is 23.1 Å². The Morgan fingerprint density at radius 2 is 1.96 bits per heavy atom. The smallest absolute Gasteiger partial charge is 0.410 e. The van der Waals surface area contributed by atoms with Crippen LogP contribution in [0.5, 0.6) is 0 Å². The van der Waals surface area contributed by atoms with Crippen molar-refractivity contribution < 1.29 is 14.3 Å². The quantitative estimate of drug-likeness (QED) is 0.833. The highest BCUT2D eigenvalue weighted by Crippen LogP contribution is 2.28. The largest absolute Gasteiger partial charge is 0.444 e. The van der Waals surface area contributed by atoms with Crippen molar-refractivity contribution in [3.63, 3.8) is 0 Å². The fraction of sp³-hybridized carbons (Fsp3) is 0.529.